The van der Waals surface area contributed by atoms with Gasteiger partial charge in [-0.1, -0.05) is 12.8 Å². The fourth-order valence-corrected chi connectivity index (χ4v) is 2.30. The van der Waals surface area contributed by atoms with Crippen LogP contribution in [0.15, 0.2) is 0 Å². The number of nitrogens with zero attached hydrogens (tertiary/aromatic N) is 1. The second-order valence-electron chi connectivity index (χ2n) is 4.63. The van der Waals surface area contributed by atoms with Crippen molar-refractivity contribution in [2.75, 3.05) is 34.2 Å². The summed E-state index contributed by atoms with van der Waals surface area (Å²) in [5.74, 6) is 0.0885. The zero-order valence-corrected chi connectivity index (χ0v) is 10.1. The first-order valence-electron chi connectivity index (χ1n) is 5.69. The Hall–Kier alpha value is -0.610. The van der Waals surface area contributed by atoms with Crippen LogP contribution in [-0.4, -0.2) is 50.6 Å². The van der Waals surface area contributed by atoms with Crippen molar-refractivity contribution in [3.63, 3.8) is 0 Å². The normalized spacial score (nSPS) is 19.5. The Morgan fingerprint density at radius 1 is 1.33 bits per heavy atom. The number of carbonyl (C=O) groups excluding carboxylic acids is 1. The van der Waals surface area contributed by atoms with Crippen LogP contribution in [0.25, 0.3) is 0 Å². The van der Waals surface area contributed by atoms with Crippen molar-refractivity contribution in [1.82, 2.24) is 15.5 Å². The fourth-order valence-electron chi connectivity index (χ4n) is 2.30. The topological polar surface area (TPSA) is 44.4 Å². The minimum absolute atomic E-state index is 0.0885. The summed E-state index contributed by atoms with van der Waals surface area (Å²) in [6, 6.07) is 0. The van der Waals surface area contributed by atoms with E-state index in [1.54, 1.807) is 7.05 Å². The Balaban J connectivity index is 2.42. The zero-order valence-electron chi connectivity index (χ0n) is 10.1. The number of likely N-dealkylation sites (N-methyl/N-ethyl adjacent to an activating group) is 2. The molecule has 15 heavy (non-hydrogen) atoms. The Kier molecular flexibility index (Phi) is 4.54. The van der Waals surface area contributed by atoms with Crippen LogP contribution in [-0.2, 0) is 4.79 Å². The van der Waals surface area contributed by atoms with Gasteiger partial charge in [-0.25, -0.2) is 0 Å². The maximum absolute atomic E-state index is 11.4. The van der Waals surface area contributed by atoms with Gasteiger partial charge in [0.2, 0.25) is 5.91 Å². The molecular formula is C11H23N3O. The summed E-state index contributed by atoms with van der Waals surface area (Å²) in [4.78, 5) is 13.6. The summed E-state index contributed by atoms with van der Waals surface area (Å²) >= 11 is 0. The highest BCUT2D eigenvalue weighted by Gasteiger charge is 2.35. The highest BCUT2D eigenvalue weighted by atomic mass is 16.1. The van der Waals surface area contributed by atoms with E-state index < -0.39 is 0 Å². The van der Waals surface area contributed by atoms with Crippen molar-refractivity contribution >= 4 is 5.91 Å². The van der Waals surface area contributed by atoms with Crippen LogP contribution in [0.3, 0.4) is 0 Å². The summed E-state index contributed by atoms with van der Waals surface area (Å²) in [7, 11) is 6.00. The molecule has 1 amide bonds. The van der Waals surface area contributed by atoms with E-state index in [9.17, 15) is 4.79 Å². The molecule has 0 aromatic heterocycles. The van der Waals surface area contributed by atoms with Crippen LogP contribution >= 0.6 is 0 Å². The maximum Gasteiger partial charge on any atom is 0.234 e. The lowest BCUT2D eigenvalue weighted by atomic mass is 9.96. The quantitative estimate of drug-likeness (QED) is 0.685. The molecule has 0 heterocycles. The van der Waals surface area contributed by atoms with E-state index in [-0.39, 0.29) is 11.4 Å². The molecule has 1 rings (SSSR count). The third-order valence-corrected chi connectivity index (χ3v) is 3.43. The van der Waals surface area contributed by atoms with Gasteiger partial charge in [-0.05, 0) is 34.0 Å². The summed E-state index contributed by atoms with van der Waals surface area (Å²) < 4.78 is 0. The smallest absolute Gasteiger partial charge is 0.234 e. The number of carbonyl (C=O) groups is 1. The third-order valence-electron chi connectivity index (χ3n) is 3.43. The lowest BCUT2D eigenvalue weighted by Crippen LogP contribution is -2.51. The highest BCUT2D eigenvalue weighted by Crippen LogP contribution is 2.32. The van der Waals surface area contributed by atoms with Gasteiger partial charge in [-0.2, -0.15) is 0 Å². The molecule has 0 aromatic carbocycles. The summed E-state index contributed by atoms with van der Waals surface area (Å²) in [5.41, 5.74) is 0.198. The average Bonchev–Trinajstić information content (AvgIpc) is 2.65. The molecule has 0 bridgehead atoms. The van der Waals surface area contributed by atoms with Crippen molar-refractivity contribution in [2.24, 2.45) is 0 Å². The maximum atomic E-state index is 11.4. The van der Waals surface area contributed by atoms with Crippen LogP contribution < -0.4 is 10.6 Å². The summed E-state index contributed by atoms with van der Waals surface area (Å²) in [6.45, 7) is 1.18. The molecule has 1 aliphatic carbocycles. The van der Waals surface area contributed by atoms with Crippen molar-refractivity contribution in [3.8, 4) is 0 Å². The number of hydrogen-bond donors (Lipinski definition) is 2. The van der Waals surface area contributed by atoms with Crippen LogP contribution in [0.1, 0.15) is 25.7 Å². The van der Waals surface area contributed by atoms with Crippen LogP contribution in [0.2, 0.25) is 0 Å². The number of rotatable bonds is 5. The average molecular weight is 213 g/mol. The van der Waals surface area contributed by atoms with E-state index in [4.69, 9.17) is 0 Å². The zero-order chi connectivity index (χ0) is 11.3. The SMILES string of the molecule is CNCC(=O)NCC1(N(C)C)CCCC1. The molecule has 0 aliphatic heterocycles. The van der Waals surface area contributed by atoms with E-state index in [1.165, 1.54) is 25.7 Å². The first-order chi connectivity index (χ1) is 7.10. The predicted octanol–water partition coefficient (Wildman–Crippen LogP) is 0.196. The molecule has 4 heteroatoms. The third kappa shape index (κ3) is 3.18. The molecule has 0 aromatic rings. The molecule has 4 nitrogen and oxygen atoms in total. The molecule has 0 unspecified atom stereocenters. The molecule has 88 valence electrons. The molecular weight excluding hydrogens is 190 g/mol. The number of nitrogens with one attached hydrogen (secondary N) is 2. The molecule has 0 radical (unpaired) electrons. The molecule has 0 spiro atoms. The van der Waals surface area contributed by atoms with Crippen molar-refractivity contribution in [1.29, 1.82) is 0 Å². The Bertz CT molecular complexity index is 210. The van der Waals surface area contributed by atoms with Gasteiger partial charge < -0.3 is 15.5 Å². The molecule has 1 fully saturated rings. The minimum Gasteiger partial charge on any atom is -0.353 e. The predicted molar refractivity (Wildman–Crippen MR) is 61.8 cm³/mol. The van der Waals surface area contributed by atoms with Gasteiger partial charge >= 0.3 is 0 Å². The monoisotopic (exact) mass is 213 g/mol. The van der Waals surface area contributed by atoms with Gasteiger partial charge in [0.15, 0.2) is 0 Å². The minimum atomic E-state index is 0.0885. The van der Waals surface area contributed by atoms with E-state index in [0.29, 0.717) is 6.54 Å². The Morgan fingerprint density at radius 3 is 2.40 bits per heavy atom. The van der Waals surface area contributed by atoms with E-state index in [1.807, 2.05) is 0 Å². The van der Waals surface area contributed by atoms with Crippen molar-refractivity contribution < 1.29 is 4.79 Å². The second-order valence-corrected chi connectivity index (χ2v) is 4.63. The number of amides is 1. The highest BCUT2D eigenvalue weighted by molar-refractivity contribution is 5.78. The molecule has 1 saturated carbocycles. The standard InChI is InChI=1S/C11H23N3O/c1-12-8-10(15)13-9-11(14(2)3)6-4-5-7-11/h12H,4-9H2,1-3H3,(H,13,15). The molecule has 1 aliphatic rings. The van der Waals surface area contributed by atoms with Crippen LogP contribution in [0, 0.1) is 0 Å². The lowest BCUT2D eigenvalue weighted by molar-refractivity contribution is -0.120. The molecule has 2 N–H and O–H groups in total. The Labute approximate surface area is 92.4 Å². The first kappa shape index (κ1) is 12.5. The van der Waals surface area contributed by atoms with Crippen molar-refractivity contribution in [3.05, 3.63) is 0 Å². The van der Waals surface area contributed by atoms with Gasteiger partial charge in [0, 0.05) is 12.1 Å². The summed E-state index contributed by atoms with van der Waals surface area (Å²) in [5, 5.41) is 5.86. The van der Waals surface area contributed by atoms with Crippen LogP contribution in [0.5, 0.6) is 0 Å². The first-order valence-corrected chi connectivity index (χ1v) is 5.69. The molecule has 0 atom stereocenters. The van der Waals surface area contributed by atoms with Crippen molar-refractivity contribution in [2.45, 2.75) is 31.2 Å². The van der Waals surface area contributed by atoms with Gasteiger partial charge in [-0.3, -0.25) is 4.79 Å². The largest absolute Gasteiger partial charge is 0.353 e. The Morgan fingerprint density at radius 2 is 1.93 bits per heavy atom. The lowest BCUT2D eigenvalue weighted by Gasteiger charge is -2.36. The fraction of sp³-hybridized carbons (Fsp3) is 0.909. The van der Waals surface area contributed by atoms with E-state index >= 15 is 0 Å². The van der Waals surface area contributed by atoms with E-state index in [2.05, 4.69) is 29.6 Å². The van der Waals surface area contributed by atoms with Gasteiger partial charge in [-0.15, -0.1) is 0 Å². The molecule has 0 saturated heterocycles. The van der Waals surface area contributed by atoms with Crippen LogP contribution in [0.4, 0.5) is 0 Å². The van der Waals surface area contributed by atoms with E-state index in [0.717, 1.165) is 6.54 Å². The van der Waals surface area contributed by atoms with Gasteiger partial charge in [0.1, 0.15) is 0 Å². The van der Waals surface area contributed by atoms with Gasteiger partial charge in [0.05, 0.1) is 6.54 Å². The second kappa shape index (κ2) is 5.47. The number of hydrogen-bond acceptors (Lipinski definition) is 3. The summed E-state index contributed by atoms with van der Waals surface area (Å²) in [6.07, 6.45) is 4.94. The van der Waals surface area contributed by atoms with Gasteiger partial charge in [0.25, 0.3) is 0 Å².